The van der Waals surface area contributed by atoms with Crippen LogP contribution in [0.4, 0.5) is 13.2 Å². The average Bonchev–Trinajstić information content (AvgIpc) is 3.02. The largest absolute Gasteiger partial charge is 0.573 e. The van der Waals surface area contributed by atoms with Gasteiger partial charge in [-0.2, -0.15) is 0 Å². The van der Waals surface area contributed by atoms with Crippen LogP contribution in [0.15, 0.2) is 24.3 Å². The Balaban J connectivity index is 1.87. The first-order valence-corrected chi connectivity index (χ1v) is 7.28. The summed E-state index contributed by atoms with van der Waals surface area (Å²) in [7, 11) is 0. The third kappa shape index (κ3) is 3.01. The van der Waals surface area contributed by atoms with Gasteiger partial charge in [-0.25, -0.2) is 0 Å². The number of fused-ring (bicyclic) bond motifs is 2. The Bertz CT molecular complexity index is 506. The summed E-state index contributed by atoms with van der Waals surface area (Å²) in [6.45, 7) is 1.22. The summed E-state index contributed by atoms with van der Waals surface area (Å²) < 4.78 is 41.8. The van der Waals surface area contributed by atoms with Crippen LogP contribution < -0.4 is 10.5 Å². The van der Waals surface area contributed by atoms with E-state index in [4.69, 9.17) is 5.73 Å². The molecule has 3 rings (SSSR count). The van der Waals surface area contributed by atoms with E-state index >= 15 is 0 Å². The molecule has 3 nitrogen and oxygen atoms in total. The number of rotatable bonds is 4. The summed E-state index contributed by atoms with van der Waals surface area (Å²) in [6, 6.07) is 6.56. The van der Waals surface area contributed by atoms with Crippen molar-refractivity contribution in [3.05, 3.63) is 29.8 Å². The van der Waals surface area contributed by atoms with Gasteiger partial charge in [0.25, 0.3) is 0 Å². The Hall–Kier alpha value is -1.27. The quantitative estimate of drug-likeness (QED) is 0.928. The summed E-state index contributed by atoms with van der Waals surface area (Å²) >= 11 is 0. The lowest BCUT2D eigenvalue weighted by molar-refractivity contribution is -0.275. The van der Waals surface area contributed by atoms with E-state index in [1.807, 2.05) is 0 Å². The predicted molar refractivity (Wildman–Crippen MR) is 72.8 cm³/mol. The molecule has 0 aromatic heterocycles. The minimum atomic E-state index is -4.68. The maximum atomic E-state index is 12.5. The highest BCUT2D eigenvalue weighted by Crippen LogP contribution is 2.43. The molecule has 1 aromatic rings. The number of piperidine rings is 1. The molecule has 2 fully saturated rings. The van der Waals surface area contributed by atoms with E-state index in [9.17, 15) is 13.2 Å². The van der Waals surface area contributed by atoms with Crippen LogP contribution in [-0.2, 0) is 0 Å². The number of alkyl halides is 3. The summed E-state index contributed by atoms with van der Waals surface area (Å²) in [5.41, 5.74) is 6.40. The van der Waals surface area contributed by atoms with Crippen molar-refractivity contribution in [3.63, 3.8) is 0 Å². The zero-order chi connectivity index (χ0) is 15.0. The van der Waals surface area contributed by atoms with Crippen molar-refractivity contribution in [2.24, 2.45) is 11.7 Å². The van der Waals surface area contributed by atoms with Gasteiger partial charge in [-0.1, -0.05) is 18.2 Å². The number of para-hydroxylation sites is 1. The van der Waals surface area contributed by atoms with Gasteiger partial charge in [-0.15, -0.1) is 13.2 Å². The SMILES string of the molecule is NCC(c1ccccc1OC(F)(F)F)N1CC2CCC1C2. The van der Waals surface area contributed by atoms with Gasteiger partial charge in [-0.05, 0) is 31.2 Å². The zero-order valence-electron chi connectivity index (χ0n) is 11.6. The molecule has 1 aliphatic carbocycles. The lowest BCUT2D eigenvalue weighted by atomic mass is 10.0. The average molecular weight is 300 g/mol. The fraction of sp³-hybridized carbons (Fsp3) is 0.600. The molecule has 0 radical (unpaired) electrons. The van der Waals surface area contributed by atoms with E-state index in [0.717, 1.165) is 19.4 Å². The topological polar surface area (TPSA) is 38.5 Å². The van der Waals surface area contributed by atoms with E-state index < -0.39 is 6.36 Å². The molecule has 0 amide bonds. The number of likely N-dealkylation sites (tertiary alicyclic amines) is 1. The first-order chi connectivity index (χ1) is 9.98. The van der Waals surface area contributed by atoms with Crippen molar-refractivity contribution in [3.8, 4) is 5.75 Å². The highest BCUT2D eigenvalue weighted by Gasteiger charge is 2.42. The van der Waals surface area contributed by atoms with E-state index in [1.165, 1.54) is 12.5 Å². The Morgan fingerprint density at radius 3 is 2.62 bits per heavy atom. The summed E-state index contributed by atoms with van der Waals surface area (Å²) in [6.07, 6.45) is -1.21. The number of ether oxygens (including phenoxy) is 1. The van der Waals surface area contributed by atoms with Gasteiger partial charge in [0.1, 0.15) is 5.75 Å². The normalized spacial score (nSPS) is 27.0. The highest BCUT2D eigenvalue weighted by atomic mass is 19.4. The Morgan fingerprint density at radius 1 is 1.29 bits per heavy atom. The van der Waals surface area contributed by atoms with E-state index in [2.05, 4.69) is 9.64 Å². The number of nitrogens with zero attached hydrogens (tertiary/aromatic N) is 1. The molecule has 0 spiro atoms. The van der Waals surface area contributed by atoms with Crippen LogP contribution in [0.1, 0.15) is 30.9 Å². The lowest BCUT2D eigenvalue weighted by Crippen LogP contribution is -2.39. The molecular formula is C15H19F3N2O. The molecule has 2 aliphatic rings. The molecule has 3 unspecified atom stereocenters. The van der Waals surface area contributed by atoms with Gasteiger partial charge < -0.3 is 10.5 Å². The fourth-order valence-electron chi connectivity index (χ4n) is 3.76. The molecule has 2 bridgehead atoms. The smallest absolute Gasteiger partial charge is 0.405 e. The number of benzene rings is 1. The monoisotopic (exact) mass is 300 g/mol. The summed E-state index contributed by atoms with van der Waals surface area (Å²) in [4.78, 5) is 2.26. The maximum Gasteiger partial charge on any atom is 0.573 e. The molecular weight excluding hydrogens is 281 g/mol. The minimum absolute atomic E-state index is 0.136. The van der Waals surface area contributed by atoms with E-state index in [0.29, 0.717) is 24.1 Å². The molecule has 1 saturated heterocycles. The summed E-state index contributed by atoms with van der Waals surface area (Å²) in [5, 5.41) is 0. The lowest BCUT2D eigenvalue weighted by Gasteiger charge is -2.35. The van der Waals surface area contributed by atoms with E-state index in [1.54, 1.807) is 18.2 Å². The molecule has 1 aromatic carbocycles. The molecule has 21 heavy (non-hydrogen) atoms. The van der Waals surface area contributed by atoms with Crippen molar-refractivity contribution in [1.29, 1.82) is 0 Å². The molecule has 116 valence electrons. The van der Waals surface area contributed by atoms with Crippen LogP contribution in [0.2, 0.25) is 0 Å². The Kier molecular flexibility index (Phi) is 3.84. The van der Waals surface area contributed by atoms with Crippen LogP contribution >= 0.6 is 0 Å². The van der Waals surface area contributed by atoms with Crippen molar-refractivity contribution >= 4 is 0 Å². The number of hydrogen-bond donors (Lipinski definition) is 1. The maximum absolute atomic E-state index is 12.5. The van der Waals surface area contributed by atoms with Crippen molar-refractivity contribution in [2.45, 2.75) is 37.7 Å². The number of nitrogens with two attached hydrogens (primary N) is 1. The van der Waals surface area contributed by atoms with Gasteiger partial charge in [0.05, 0.1) is 6.04 Å². The van der Waals surface area contributed by atoms with Crippen molar-refractivity contribution < 1.29 is 17.9 Å². The number of hydrogen-bond acceptors (Lipinski definition) is 3. The third-order valence-corrected chi connectivity index (χ3v) is 4.58. The van der Waals surface area contributed by atoms with Crippen LogP contribution in [0, 0.1) is 5.92 Å². The van der Waals surface area contributed by atoms with Crippen LogP contribution in [0.3, 0.4) is 0 Å². The Morgan fingerprint density at radius 2 is 2.05 bits per heavy atom. The second-order valence-corrected chi connectivity index (χ2v) is 5.87. The second kappa shape index (κ2) is 5.50. The standard InChI is InChI=1S/C15H19F3N2O/c16-15(17,18)21-14-4-2-1-3-12(14)13(8-19)20-9-10-5-6-11(20)7-10/h1-4,10-11,13H,5-9,19H2. The summed E-state index contributed by atoms with van der Waals surface area (Å²) in [5.74, 6) is 0.531. The van der Waals surface area contributed by atoms with Gasteiger partial charge in [0, 0.05) is 24.7 Å². The fourth-order valence-corrected chi connectivity index (χ4v) is 3.76. The van der Waals surface area contributed by atoms with Gasteiger partial charge >= 0.3 is 6.36 Å². The molecule has 1 saturated carbocycles. The van der Waals surface area contributed by atoms with E-state index in [-0.39, 0.29) is 11.8 Å². The van der Waals surface area contributed by atoms with Crippen molar-refractivity contribution in [1.82, 2.24) is 4.90 Å². The second-order valence-electron chi connectivity index (χ2n) is 5.87. The van der Waals surface area contributed by atoms with Gasteiger partial charge in [0.15, 0.2) is 0 Å². The van der Waals surface area contributed by atoms with Gasteiger partial charge in [-0.3, -0.25) is 4.90 Å². The molecule has 1 heterocycles. The number of halogens is 3. The van der Waals surface area contributed by atoms with Gasteiger partial charge in [0.2, 0.25) is 0 Å². The minimum Gasteiger partial charge on any atom is -0.405 e. The van der Waals surface area contributed by atoms with Crippen molar-refractivity contribution in [2.75, 3.05) is 13.1 Å². The Labute approximate surface area is 121 Å². The zero-order valence-corrected chi connectivity index (χ0v) is 11.6. The first kappa shape index (κ1) is 14.7. The predicted octanol–water partition coefficient (Wildman–Crippen LogP) is 3.07. The first-order valence-electron chi connectivity index (χ1n) is 7.28. The van der Waals surface area contributed by atoms with Crippen LogP contribution in [0.5, 0.6) is 5.75 Å². The molecule has 1 aliphatic heterocycles. The van der Waals surface area contributed by atoms with Crippen LogP contribution in [-0.4, -0.2) is 30.4 Å². The molecule has 3 atom stereocenters. The van der Waals surface area contributed by atoms with Crippen LogP contribution in [0.25, 0.3) is 0 Å². The third-order valence-electron chi connectivity index (χ3n) is 4.58. The molecule has 6 heteroatoms. The molecule has 2 N–H and O–H groups in total. The highest BCUT2D eigenvalue weighted by molar-refractivity contribution is 5.36.